The fourth-order valence-corrected chi connectivity index (χ4v) is 1.25. The molecular weight excluding hydrogens is 190 g/mol. The maximum atomic E-state index is 5.48. The summed E-state index contributed by atoms with van der Waals surface area (Å²) < 4.78 is 10.7. The van der Waals surface area contributed by atoms with Crippen LogP contribution in [0.25, 0.3) is 0 Å². The molecule has 1 aliphatic heterocycles. The molecule has 1 aromatic carbocycles. The van der Waals surface area contributed by atoms with Gasteiger partial charge in [0, 0.05) is 13.5 Å². The maximum Gasteiger partial charge on any atom is 0.238 e. The van der Waals surface area contributed by atoms with Gasteiger partial charge in [0.05, 0.1) is 0 Å². The minimum atomic E-state index is -0.173. The molecule has 0 aliphatic carbocycles. The molecule has 1 aromatic rings. The quantitative estimate of drug-likeness (QED) is 0.752. The lowest BCUT2D eigenvalue weighted by atomic mass is 10.2. The van der Waals surface area contributed by atoms with E-state index in [1.54, 1.807) is 0 Å². The van der Waals surface area contributed by atoms with Gasteiger partial charge in [-0.05, 0) is 17.7 Å². The first kappa shape index (κ1) is 10.2. The number of benzene rings is 1. The maximum absolute atomic E-state index is 5.48. The van der Waals surface area contributed by atoms with E-state index in [2.05, 4.69) is 0 Å². The minimum Gasteiger partial charge on any atom is -0.451 e. The van der Waals surface area contributed by atoms with Crippen molar-refractivity contribution in [2.45, 2.75) is 19.8 Å². The van der Waals surface area contributed by atoms with Crippen molar-refractivity contribution < 1.29 is 9.47 Å². The molecule has 72 valence electrons. The van der Waals surface area contributed by atoms with Gasteiger partial charge in [-0.1, -0.05) is 6.07 Å². The van der Waals surface area contributed by atoms with Gasteiger partial charge in [-0.15, -0.1) is 12.4 Å². The fourth-order valence-electron chi connectivity index (χ4n) is 1.25. The topological polar surface area (TPSA) is 44.5 Å². The van der Waals surface area contributed by atoms with E-state index >= 15 is 0 Å². The number of ether oxygens (including phenoxy) is 2. The first-order valence-electron chi connectivity index (χ1n) is 3.96. The first-order chi connectivity index (χ1) is 5.79. The summed E-state index contributed by atoms with van der Waals surface area (Å²) in [7, 11) is 0. The summed E-state index contributed by atoms with van der Waals surface area (Å²) in [5.74, 6) is 1.60. The summed E-state index contributed by atoms with van der Waals surface area (Å²) in [6.07, 6.45) is -0.173. The Balaban J connectivity index is 0.000000845. The van der Waals surface area contributed by atoms with Crippen molar-refractivity contribution in [1.82, 2.24) is 0 Å². The summed E-state index contributed by atoms with van der Waals surface area (Å²) >= 11 is 0. The van der Waals surface area contributed by atoms with Crippen molar-refractivity contribution in [2.75, 3.05) is 0 Å². The molecule has 13 heavy (non-hydrogen) atoms. The molecule has 0 fully saturated rings. The lowest BCUT2D eigenvalue weighted by Gasteiger charge is -1.99. The van der Waals surface area contributed by atoms with Gasteiger partial charge in [0.25, 0.3) is 0 Å². The molecule has 1 unspecified atom stereocenters. The molecule has 0 saturated carbocycles. The Morgan fingerprint density at radius 3 is 2.69 bits per heavy atom. The second-order valence-electron chi connectivity index (χ2n) is 2.79. The summed E-state index contributed by atoms with van der Waals surface area (Å²) in [5.41, 5.74) is 6.54. The molecule has 0 radical (unpaired) electrons. The number of halogens is 1. The van der Waals surface area contributed by atoms with Crippen molar-refractivity contribution in [1.29, 1.82) is 0 Å². The molecular formula is C9H12ClNO2. The van der Waals surface area contributed by atoms with E-state index in [0.717, 1.165) is 17.1 Å². The SMILES string of the molecule is CC1Oc2ccc(CN)cc2O1.Cl. The predicted octanol–water partition coefficient (Wildman–Crippen LogP) is 1.68. The Morgan fingerprint density at radius 2 is 2.00 bits per heavy atom. The molecule has 0 bridgehead atoms. The summed E-state index contributed by atoms with van der Waals surface area (Å²) in [5, 5.41) is 0. The Morgan fingerprint density at radius 1 is 1.31 bits per heavy atom. The van der Waals surface area contributed by atoms with Gasteiger partial charge in [-0.2, -0.15) is 0 Å². The lowest BCUT2D eigenvalue weighted by molar-refractivity contribution is 0.0678. The van der Waals surface area contributed by atoms with Gasteiger partial charge in [0.15, 0.2) is 11.5 Å². The van der Waals surface area contributed by atoms with E-state index in [4.69, 9.17) is 15.2 Å². The fraction of sp³-hybridized carbons (Fsp3) is 0.333. The number of fused-ring (bicyclic) bond motifs is 1. The van der Waals surface area contributed by atoms with E-state index in [0.29, 0.717) is 6.54 Å². The lowest BCUT2D eigenvalue weighted by Crippen LogP contribution is -2.11. The summed E-state index contributed by atoms with van der Waals surface area (Å²) in [6, 6.07) is 5.75. The van der Waals surface area contributed by atoms with Crippen LogP contribution in [0.3, 0.4) is 0 Å². The van der Waals surface area contributed by atoms with Gasteiger partial charge in [-0.3, -0.25) is 0 Å². The van der Waals surface area contributed by atoms with E-state index in [1.165, 1.54) is 0 Å². The van der Waals surface area contributed by atoms with Gasteiger partial charge in [-0.25, -0.2) is 0 Å². The zero-order chi connectivity index (χ0) is 8.55. The molecule has 1 aliphatic rings. The van der Waals surface area contributed by atoms with Crippen molar-refractivity contribution in [2.24, 2.45) is 5.73 Å². The molecule has 0 aromatic heterocycles. The van der Waals surface area contributed by atoms with Crippen LogP contribution in [-0.2, 0) is 6.54 Å². The molecule has 1 atom stereocenters. The Bertz CT molecular complexity index is 304. The van der Waals surface area contributed by atoms with Crippen LogP contribution in [0.15, 0.2) is 18.2 Å². The summed E-state index contributed by atoms with van der Waals surface area (Å²) in [4.78, 5) is 0. The predicted molar refractivity (Wildman–Crippen MR) is 52.3 cm³/mol. The second-order valence-corrected chi connectivity index (χ2v) is 2.79. The van der Waals surface area contributed by atoms with Crippen LogP contribution < -0.4 is 15.2 Å². The highest BCUT2D eigenvalue weighted by molar-refractivity contribution is 5.85. The average molecular weight is 202 g/mol. The highest BCUT2D eigenvalue weighted by Gasteiger charge is 2.19. The van der Waals surface area contributed by atoms with Crippen molar-refractivity contribution >= 4 is 12.4 Å². The van der Waals surface area contributed by atoms with Gasteiger partial charge < -0.3 is 15.2 Å². The van der Waals surface area contributed by atoms with Gasteiger partial charge >= 0.3 is 0 Å². The zero-order valence-corrected chi connectivity index (χ0v) is 8.14. The van der Waals surface area contributed by atoms with E-state index in [-0.39, 0.29) is 18.7 Å². The largest absolute Gasteiger partial charge is 0.451 e. The van der Waals surface area contributed by atoms with Gasteiger partial charge in [0.2, 0.25) is 6.29 Å². The van der Waals surface area contributed by atoms with Crippen molar-refractivity contribution in [3.63, 3.8) is 0 Å². The summed E-state index contributed by atoms with van der Waals surface area (Å²) in [6.45, 7) is 2.40. The molecule has 3 nitrogen and oxygen atoms in total. The minimum absolute atomic E-state index is 0. The van der Waals surface area contributed by atoms with Crippen molar-refractivity contribution in [3.8, 4) is 11.5 Å². The van der Waals surface area contributed by atoms with Crippen molar-refractivity contribution in [3.05, 3.63) is 23.8 Å². The molecule has 0 amide bonds. The molecule has 0 spiro atoms. The van der Waals surface area contributed by atoms with Crippen LogP contribution in [0.2, 0.25) is 0 Å². The highest BCUT2D eigenvalue weighted by Crippen LogP contribution is 2.34. The van der Waals surface area contributed by atoms with Crippen LogP contribution in [-0.4, -0.2) is 6.29 Å². The number of hydrogen-bond donors (Lipinski definition) is 1. The Hall–Kier alpha value is -0.930. The third kappa shape index (κ3) is 1.87. The van der Waals surface area contributed by atoms with Crippen LogP contribution in [0, 0.1) is 0 Å². The number of nitrogens with two attached hydrogens (primary N) is 1. The standard InChI is InChI=1S/C9H11NO2.ClH/c1-6-11-8-3-2-7(5-10)4-9(8)12-6;/h2-4,6H,5,10H2,1H3;1H. The molecule has 2 rings (SSSR count). The van der Waals surface area contributed by atoms with E-state index in [9.17, 15) is 0 Å². The average Bonchev–Trinajstić information content (AvgIpc) is 2.43. The first-order valence-corrected chi connectivity index (χ1v) is 3.96. The van der Waals surface area contributed by atoms with Crippen LogP contribution >= 0.6 is 12.4 Å². The molecule has 1 heterocycles. The molecule has 4 heteroatoms. The van der Waals surface area contributed by atoms with Crippen LogP contribution in [0.1, 0.15) is 12.5 Å². The second kappa shape index (κ2) is 3.85. The molecule has 2 N–H and O–H groups in total. The Labute approximate surface area is 83.2 Å². The number of hydrogen-bond acceptors (Lipinski definition) is 3. The third-order valence-electron chi connectivity index (χ3n) is 1.83. The van der Waals surface area contributed by atoms with Gasteiger partial charge in [0.1, 0.15) is 0 Å². The monoisotopic (exact) mass is 201 g/mol. The normalized spacial score (nSPS) is 18.2. The number of rotatable bonds is 1. The highest BCUT2D eigenvalue weighted by atomic mass is 35.5. The Kier molecular flexibility index (Phi) is 3.01. The molecule has 0 saturated heterocycles. The van der Waals surface area contributed by atoms with Crippen LogP contribution in [0.4, 0.5) is 0 Å². The smallest absolute Gasteiger partial charge is 0.238 e. The van der Waals surface area contributed by atoms with E-state index < -0.39 is 0 Å². The third-order valence-corrected chi connectivity index (χ3v) is 1.83. The zero-order valence-electron chi connectivity index (χ0n) is 7.32. The van der Waals surface area contributed by atoms with Crippen LogP contribution in [0.5, 0.6) is 11.5 Å². The van der Waals surface area contributed by atoms with E-state index in [1.807, 2.05) is 25.1 Å².